The first-order chi connectivity index (χ1) is 18.7. The van der Waals surface area contributed by atoms with Crippen molar-refractivity contribution in [2.75, 3.05) is 27.2 Å². The Morgan fingerprint density at radius 1 is 0.974 bits per heavy atom. The number of ketones is 1. The van der Waals surface area contributed by atoms with Crippen LogP contribution in [-0.2, 0) is 9.59 Å². The van der Waals surface area contributed by atoms with E-state index in [9.17, 15) is 14.7 Å². The molecule has 3 aromatic carbocycles. The van der Waals surface area contributed by atoms with Gasteiger partial charge in [0, 0.05) is 12.1 Å². The average Bonchev–Trinajstić information content (AvgIpc) is 3.15. The van der Waals surface area contributed by atoms with Gasteiger partial charge in [-0.05, 0) is 101 Å². The molecule has 0 saturated carbocycles. The first-order valence-electron chi connectivity index (χ1n) is 13.2. The maximum Gasteiger partial charge on any atom is 0.295 e. The number of carbonyl (C=O) groups excluding carboxylic acids is 2. The summed E-state index contributed by atoms with van der Waals surface area (Å²) in [6.07, 6.45) is 0.679. The van der Waals surface area contributed by atoms with Crippen molar-refractivity contribution >= 4 is 17.4 Å². The van der Waals surface area contributed by atoms with Gasteiger partial charge in [0.1, 0.15) is 23.0 Å². The second-order valence-electron chi connectivity index (χ2n) is 10.3. The van der Waals surface area contributed by atoms with Crippen LogP contribution in [0.1, 0.15) is 43.0 Å². The molecule has 0 bridgehead atoms. The summed E-state index contributed by atoms with van der Waals surface area (Å²) in [6.45, 7) is 6.90. The Balaban J connectivity index is 1.77. The van der Waals surface area contributed by atoms with E-state index in [-0.39, 0.29) is 17.4 Å². The number of ether oxygens (including phenoxy) is 2. The molecule has 1 aliphatic heterocycles. The molecule has 39 heavy (non-hydrogen) atoms. The van der Waals surface area contributed by atoms with Crippen molar-refractivity contribution in [1.82, 2.24) is 9.80 Å². The van der Waals surface area contributed by atoms with Crippen molar-refractivity contribution in [2.45, 2.75) is 39.3 Å². The van der Waals surface area contributed by atoms with Gasteiger partial charge >= 0.3 is 0 Å². The number of amides is 1. The van der Waals surface area contributed by atoms with Gasteiger partial charge in [0.15, 0.2) is 0 Å². The highest BCUT2D eigenvalue weighted by Crippen LogP contribution is 2.41. The summed E-state index contributed by atoms with van der Waals surface area (Å²) in [5.41, 5.74) is 2.03. The van der Waals surface area contributed by atoms with Crippen LogP contribution in [0.5, 0.6) is 17.2 Å². The molecule has 7 nitrogen and oxygen atoms in total. The number of likely N-dealkylation sites (tertiary alicyclic amines) is 1. The van der Waals surface area contributed by atoms with Gasteiger partial charge < -0.3 is 24.4 Å². The molecule has 0 unspecified atom stereocenters. The fourth-order valence-electron chi connectivity index (χ4n) is 4.73. The van der Waals surface area contributed by atoms with E-state index >= 15 is 0 Å². The van der Waals surface area contributed by atoms with E-state index in [1.165, 1.54) is 0 Å². The Morgan fingerprint density at radius 2 is 1.69 bits per heavy atom. The van der Waals surface area contributed by atoms with Crippen molar-refractivity contribution in [3.8, 4) is 17.2 Å². The number of para-hydroxylation sites is 1. The molecule has 0 radical (unpaired) electrons. The second-order valence-corrected chi connectivity index (χ2v) is 10.3. The number of hydrogen-bond donors (Lipinski definition) is 1. The van der Waals surface area contributed by atoms with Gasteiger partial charge in [-0.1, -0.05) is 30.3 Å². The molecule has 204 valence electrons. The van der Waals surface area contributed by atoms with E-state index in [4.69, 9.17) is 9.47 Å². The van der Waals surface area contributed by atoms with Gasteiger partial charge in [0.2, 0.25) is 0 Å². The molecule has 1 amide bonds. The normalized spacial score (nSPS) is 16.8. The summed E-state index contributed by atoms with van der Waals surface area (Å²) in [7, 11) is 3.93. The third kappa shape index (κ3) is 6.49. The molecule has 3 aromatic rings. The highest BCUT2D eigenvalue weighted by Gasteiger charge is 2.46. The number of carbonyl (C=O) groups is 2. The minimum absolute atomic E-state index is 0.000943. The maximum absolute atomic E-state index is 13.4. The number of benzene rings is 3. The molecule has 1 fully saturated rings. The summed E-state index contributed by atoms with van der Waals surface area (Å²) in [4.78, 5) is 30.3. The zero-order valence-corrected chi connectivity index (χ0v) is 23.2. The van der Waals surface area contributed by atoms with Crippen LogP contribution in [0.3, 0.4) is 0 Å². The van der Waals surface area contributed by atoms with E-state index in [2.05, 4.69) is 0 Å². The van der Waals surface area contributed by atoms with Crippen LogP contribution in [-0.4, -0.2) is 59.9 Å². The fourth-order valence-corrected chi connectivity index (χ4v) is 4.73. The third-order valence-corrected chi connectivity index (χ3v) is 6.51. The lowest BCUT2D eigenvalue weighted by Crippen LogP contribution is -2.32. The molecule has 0 aromatic heterocycles. The molecule has 1 N–H and O–H groups in total. The van der Waals surface area contributed by atoms with Crippen molar-refractivity contribution in [3.63, 3.8) is 0 Å². The lowest BCUT2D eigenvalue weighted by Gasteiger charge is -2.26. The van der Waals surface area contributed by atoms with E-state index in [1.807, 2.05) is 94.4 Å². The molecular weight excluding hydrogens is 492 g/mol. The summed E-state index contributed by atoms with van der Waals surface area (Å²) in [5, 5.41) is 11.5. The van der Waals surface area contributed by atoms with Crippen LogP contribution in [0.25, 0.3) is 5.76 Å². The maximum atomic E-state index is 13.4. The van der Waals surface area contributed by atoms with Gasteiger partial charge in [0.25, 0.3) is 11.7 Å². The average molecular weight is 529 g/mol. The van der Waals surface area contributed by atoms with Crippen LogP contribution >= 0.6 is 0 Å². The summed E-state index contributed by atoms with van der Waals surface area (Å²) in [6, 6.07) is 21.2. The summed E-state index contributed by atoms with van der Waals surface area (Å²) >= 11 is 0. The minimum Gasteiger partial charge on any atom is -0.507 e. The van der Waals surface area contributed by atoms with E-state index in [1.54, 1.807) is 23.1 Å². The molecule has 7 heteroatoms. The third-order valence-electron chi connectivity index (χ3n) is 6.51. The van der Waals surface area contributed by atoms with Crippen molar-refractivity contribution in [3.05, 3.63) is 95.1 Å². The van der Waals surface area contributed by atoms with Crippen LogP contribution < -0.4 is 9.47 Å². The van der Waals surface area contributed by atoms with Crippen molar-refractivity contribution in [2.24, 2.45) is 0 Å². The topological polar surface area (TPSA) is 79.3 Å². The van der Waals surface area contributed by atoms with E-state index < -0.39 is 17.7 Å². The van der Waals surface area contributed by atoms with Crippen molar-refractivity contribution in [1.29, 1.82) is 0 Å². The van der Waals surface area contributed by atoms with Gasteiger partial charge in [0.05, 0.1) is 17.7 Å². The first-order valence-corrected chi connectivity index (χ1v) is 13.2. The number of rotatable bonds is 10. The molecule has 1 aliphatic rings. The Kier molecular flexibility index (Phi) is 8.72. The fraction of sp³-hybridized carbons (Fsp3) is 0.312. The van der Waals surface area contributed by atoms with Crippen LogP contribution in [0, 0.1) is 6.92 Å². The Morgan fingerprint density at radius 3 is 2.36 bits per heavy atom. The highest BCUT2D eigenvalue weighted by atomic mass is 16.5. The highest BCUT2D eigenvalue weighted by molar-refractivity contribution is 6.46. The molecule has 4 rings (SSSR count). The Bertz CT molecular complexity index is 1360. The summed E-state index contributed by atoms with van der Waals surface area (Å²) < 4.78 is 11.9. The van der Waals surface area contributed by atoms with Gasteiger partial charge in [-0.3, -0.25) is 9.59 Å². The summed E-state index contributed by atoms with van der Waals surface area (Å²) in [5.74, 6) is 0.426. The number of aryl methyl sites for hydroxylation is 1. The molecule has 1 saturated heterocycles. The van der Waals surface area contributed by atoms with Gasteiger partial charge in [-0.25, -0.2) is 0 Å². The molecule has 0 aliphatic carbocycles. The Labute approximate surface area is 230 Å². The molecule has 0 spiro atoms. The SMILES string of the molecule is Cc1cc(/C(O)=C2\C(=O)C(=O)N(CCCN(C)C)[C@@H]2c2cccc(Oc3ccccc3)c2)ccc1OC(C)C. The zero-order chi connectivity index (χ0) is 28.1. The quantitative estimate of drug-likeness (QED) is 0.199. The molecular formula is C32H36N2O5. The first kappa shape index (κ1) is 27.9. The standard InChI is InChI=1S/C32H36N2O5/c1-21(2)38-27-16-15-24(19-22(27)3)30(35)28-29(34(32(37)31(28)36)18-10-17-33(4)5)23-11-9-14-26(20-23)39-25-12-7-6-8-13-25/h6-9,11-16,19-21,29,35H,10,17-18H2,1-5H3/b30-28+/t29-/m1/s1. The minimum atomic E-state index is -0.751. The smallest absolute Gasteiger partial charge is 0.295 e. The number of aliphatic hydroxyl groups excluding tert-OH is 1. The van der Waals surface area contributed by atoms with Crippen LogP contribution in [0.4, 0.5) is 0 Å². The monoisotopic (exact) mass is 528 g/mol. The second kappa shape index (κ2) is 12.2. The van der Waals surface area contributed by atoms with Crippen molar-refractivity contribution < 1.29 is 24.2 Å². The zero-order valence-electron chi connectivity index (χ0n) is 23.2. The molecule has 1 atom stereocenters. The number of hydrogen-bond acceptors (Lipinski definition) is 6. The van der Waals surface area contributed by atoms with Gasteiger partial charge in [-0.2, -0.15) is 0 Å². The lowest BCUT2D eigenvalue weighted by atomic mass is 9.94. The predicted octanol–water partition coefficient (Wildman–Crippen LogP) is 5.95. The van der Waals surface area contributed by atoms with E-state index in [0.29, 0.717) is 41.3 Å². The lowest BCUT2D eigenvalue weighted by molar-refractivity contribution is -0.139. The number of Topliss-reactive ketones (excluding diaryl/α,β-unsaturated/α-hetero) is 1. The van der Waals surface area contributed by atoms with Gasteiger partial charge in [-0.15, -0.1) is 0 Å². The largest absolute Gasteiger partial charge is 0.507 e. The van der Waals surface area contributed by atoms with Crippen LogP contribution in [0.2, 0.25) is 0 Å². The van der Waals surface area contributed by atoms with E-state index in [0.717, 1.165) is 12.1 Å². The Hall–Kier alpha value is -4.10. The van der Waals surface area contributed by atoms with Crippen LogP contribution in [0.15, 0.2) is 78.4 Å². The number of nitrogens with zero attached hydrogens (tertiary/aromatic N) is 2. The molecule has 1 heterocycles. The predicted molar refractivity (Wildman–Crippen MR) is 152 cm³/mol. The number of aliphatic hydroxyl groups is 1.